The number of carbonyl (C=O) groups excluding carboxylic acids is 1. The molecule has 0 saturated carbocycles. The van der Waals surface area contributed by atoms with Crippen molar-refractivity contribution in [1.82, 2.24) is 15.0 Å². The standard InChI is InChI=1S/C16H12Cl2N4OS2/c17-11-4-10(5-12(18)7-11)6-13-8-21-16(25-13)22-14(23)9-24-15-19-2-1-3-20-15/h1-5,7-8H,6,9H2,(H,21,22,23). The molecule has 0 bridgehead atoms. The van der Waals surface area contributed by atoms with Gasteiger partial charge in [0.15, 0.2) is 10.3 Å². The summed E-state index contributed by atoms with van der Waals surface area (Å²) in [6, 6.07) is 7.15. The van der Waals surface area contributed by atoms with E-state index in [-0.39, 0.29) is 11.7 Å². The van der Waals surface area contributed by atoms with Crippen molar-refractivity contribution < 1.29 is 4.79 Å². The maximum absolute atomic E-state index is 12.0. The smallest absolute Gasteiger partial charge is 0.236 e. The highest BCUT2D eigenvalue weighted by Gasteiger charge is 2.09. The summed E-state index contributed by atoms with van der Waals surface area (Å²) in [6.07, 6.45) is 5.67. The molecule has 0 unspecified atom stereocenters. The predicted molar refractivity (Wildman–Crippen MR) is 103 cm³/mol. The fourth-order valence-electron chi connectivity index (χ4n) is 2.01. The molecule has 1 aromatic carbocycles. The Labute approximate surface area is 162 Å². The molecule has 25 heavy (non-hydrogen) atoms. The van der Waals surface area contributed by atoms with E-state index in [2.05, 4.69) is 20.3 Å². The first-order chi connectivity index (χ1) is 12.1. The summed E-state index contributed by atoms with van der Waals surface area (Å²) in [4.78, 5) is 25.3. The van der Waals surface area contributed by atoms with E-state index in [4.69, 9.17) is 23.2 Å². The van der Waals surface area contributed by atoms with E-state index >= 15 is 0 Å². The summed E-state index contributed by atoms with van der Waals surface area (Å²) in [6.45, 7) is 0. The van der Waals surface area contributed by atoms with Gasteiger partial charge in [-0.05, 0) is 29.8 Å². The molecular weight excluding hydrogens is 399 g/mol. The second-order valence-electron chi connectivity index (χ2n) is 4.95. The first-order valence-corrected chi connectivity index (χ1v) is 9.73. The number of thiazole rings is 1. The third-order valence-electron chi connectivity index (χ3n) is 2.98. The van der Waals surface area contributed by atoms with Crippen molar-refractivity contribution in [3.63, 3.8) is 0 Å². The summed E-state index contributed by atoms with van der Waals surface area (Å²) in [7, 11) is 0. The maximum Gasteiger partial charge on any atom is 0.236 e. The van der Waals surface area contributed by atoms with Crippen molar-refractivity contribution >= 4 is 57.3 Å². The number of hydrogen-bond donors (Lipinski definition) is 1. The van der Waals surface area contributed by atoms with Gasteiger partial charge in [0.05, 0.1) is 5.75 Å². The Balaban J connectivity index is 1.55. The monoisotopic (exact) mass is 410 g/mol. The number of nitrogens with zero attached hydrogens (tertiary/aromatic N) is 3. The Morgan fingerprint density at radius 3 is 2.56 bits per heavy atom. The molecule has 0 fully saturated rings. The lowest BCUT2D eigenvalue weighted by Gasteiger charge is -2.01. The Morgan fingerprint density at radius 1 is 1.12 bits per heavy atom. The molecule has 128 valence electrons. The number of thioether (sulfide) groups is 1. The zero-order valence-electron chi connectivity index (χ0n) is 12.8. The first-order valence-electron chi connectivity index (χ1n) is 7.18. The highest BCUT2D eigenvalue weighted by Crippen LogP contribution is 2.25. The molecule has 0 spiro atoms. The van der Waals surface area contributed by atoms with Gasteiger partial charge >= 0.3 is 0 Å². The number of amides is 1. The van der Waals surface area contributed by atoms with Crippen molar-refractivity contribution in [3.8, 4) is 0 Å². The highest BCUT2D eigenvalue weighted by molar-refractivity contribution is 7.99. The second-order valence-corrected chi connectivity index (χ2v) is 7.88. The lowest BCUT2D eigenvalue weighted by molar-refractivity contribution is -0.113. The van der Waals surface area contributed by atoms with Crippen LogP contribution in [0.2, 0.25) is 10.0 Å². The number of nitrogens with one attached hydrogen (secondary N) is 1. The van der Waals surface area contributed by atoms with Crippen LogP contribution in [0.5, 0.6) is 0 Å². The largest absolute Gasteiger partial charge is 0.301 e. The first kappa shape index (κ1) is 18.1. The number of carbonyl (C=O) groups is 1. The predicted octanol–water partition coefficient (Wildman–Crippen LogP) is 4.56. The van der Waals surface area contributed by atoms with Crippen LogP contribution in [0.15, 0.2) is 48.0 Å². The van der Waals surface area contributed by atoms with Crippen LogP contribution in [0.3, 0.4) is 0 Å². The summed E-state index contributed by atoms with van der Waals surface area (Å²) in [5.41, 5.74) is 0.996. The number of hydrogen-bond acceptors (Lipinski definition) is 6. The topological polar surface area (TPSA) is 67.8 Å². The van der Waals surface area contributed by atoms with E-state index < -0.39 is 0 Å². The van der Waals surface area contributed by atoms with Gasteiger partial charge in [-0.2, -0.15) is 0 Å². The highest BCUT2D eigenvalue weighted by atomic mass is 35.5. The Kier molecular flexibility index (Phi) is 6.25. The third-order valence-corrected chi connectivity index (χ3v) is 5.20. The molecule has 0 aliphatic rings. The van der Waals surface area contributed by atoms with Crippen LogP contribution < -0.4 is 5.32 Å². The van der Waals surface area contributed by atoms with Crippen LogP contribution in [-0.2, 0) is 11.2 Å². The second kappa shape index (κ2) is 8.62. The summed E-state index contributed by atoms with van der Waals surface area (Å²) in [5.74, 6) is 0.0761. The average molecular weight is 411 g/mol. The molecule has 1 amide bonds. The van der Waals surface area contributed by atoms with Gasteiger partial charge in [-0.1, -0.05) is 35.0 Å². The maximum atomic E-state index is 12.0. The SMILES string of the molecule is O=C(CSc1ncccn1)Nc1ncc(Cc2cc(Cl)cc(Cl)c2)s1. The zero-order chi connectivity index (χ0) is 17.6. The summed E-state index contributed by atoms with van der Waals surface area (Å²) in [5, 5.41) is 5.10. The minimum atomic E-state index is -0.149. The van der Waals surface area contributed by atoms with E-state index in [0.717, 1.165) is 10.4 Å². The van der Waals surface area contributed by atoms with Gasteiger partial charge in [0, 0.05) is 39.9 Å². The fraction of sp³-hybridized carbons (Fsp3) is 0.125. The summed E-state index contributed by atoms with van der Waals surface area (Å²) < 4.78 is 0. The van der Waals surface area contributed by atoms with E-state index in [1.807, 2.05) is 12.1 Å². The molecule has 0 aliphatic carbocycles. The molecule has 2 heterocycles. The molecule has 1 N–H and O–H groups in total. The van der Waals surface area contributed by atoms with Crippen LogP contribution in [0.4, 0.5) is 5.13 Å². The van der Waals surface area contributed by atoms with Crippen LogP contribution in [0.25, 0.3) is 0 Å². The molecule has 9 heteroatoms. The summed E-state index contributed by atoms with van der Waals surface area (Å²) >= 11 is 14.7. The van der Waals surface area contributed by atoms with Crippen molar-refractivity contribution in [2.45, 2.75) is 11.6 Å². The molecular formula is C16H12Cl2N4OS2. The average Bonchev–Trinajstić information content (AvgIpc) is 3.00. The molecule has 2 aromatic heterocycles. The van der Waals surface area contributed by atoms with Gasteiger partial charge < -0.3 is 5.32 Å². The minimum absolute atomic E-state index is 0.149. The molecule has 0 aliphatic heterocycles. The van der Waals surface area contributed by atoms with Gasteiger partial charge in [-0.15, -0.1) is 11.3 Å². The molecule has 0 saturated heterocycles. The molecule has 3 aromatic rings. The molecule has 0 radical (unpaired) electrons. The van der Waals surface area contributed by atoms with Crippen LogP contribution in [-0.4, -0.2) is 26.6 Å². The third kappa shape index (κ3) is 5.67. The Hall–Kier alpha value is -1.67. The quantitative estimate of drug-likeness (QED) is 0.476. The van der Waals surface area contributed by atoms with Gasteiger partial charge in [-0.3, -0.25) is 4.79 Å². The minimum Gasteiger partial charge on any atom is -0.301 e. The Morgan fingerprint density at radius 2 is 1.84 bits per heavy atom. The van der Waals surface area contributed by atoms with Crippen molar-refractivity contribution in [3.05, 3.63) is 63.3 Å². The van der Waals surface area contributed by atoms with Gasteiger partial charge in [-0.25, -0.2) is 15.0 Å². The van der Waals surface area contributed by atoms with Crippen molar-refractivity contribution in [1.29, 1.82) is 0 Å². The van der Waals surface area contributed by atoms with E-state index in [0.29, 0.717) is 26.8 Å². The van der Waals surface area contributed by atoms with E-state index in [1.165, 1.54) is 23.1 Å². The van der Waals surface area contributed by atoms with Crippen molar-refractivity contribution in [2.24, 2.45) is 0 Å². The van der Waals surface area contributed by atoms with E-state index in [9.17, 15) is 4.79 Å². The number of benzene rings is 1. The van der Waals surface area contributed by atoms with Crippen LogP contribution in [0, 0.1) is 0 Å². The van der Waals surface area contributed by atoms with Crippen LogP contribution in [0.1, 0.15) is 10.4 Å². The number of rotatable bonds is 6. The number of anilines is 1. The number of halogens is 2. The van der Waals surface area contributed by atoms with Crippen molar-refractivity contribution in [2.75, 3.05) is 11.1 Å². The zero-order valence-corrected chi connectivity index (χ0v) is 15.9. The Bertz CT molecular complexity index is 853. The lowest BCUT2D eigenvalue weighted by atomic mass is 10.1. The van der Waals surface area contributed by atoms with Gasteiger partial charge in [0.25, 0.3) is 0 Å². The van der Waals surface area contributed by atoms with E-state index in [1.54, 1.807) is 30.7 Å². The molecule has 0 atom stereocenters. The number of aromatic nitrogens is 3. The lowest BCUT2D eigenvalue weighted by Crippen LogP contribution is -2.13. The molecule has 5 nitrogen and oxygen atoms in total. The van der Waals surface area contributed by atoms with Gasteiger partial charge in [0.1, 0.15) is 0 Å². The fourth-order valence-corrected chi connectivity index (χ4v) is 4.04. The van der Waals surface area contributed by atoms with Gasteiger partial charge in [0.2, 0.25) is 5.91 Å². The normalized spacial score (nSPS) is 10.6. The molecule has 3 rings (SSSR count). The van der Waals surface area contributed by atoms with Crippen LogP contribution >= 0.6 is 46.3 Å².